The minimum Gasteiger partial charge on any atom is -0.370 e. The van der Waals surface area contributed by atoms with Crippen molar-refractivity contribution in [3.63, 3.8) is 0 Å². The van der Waals surface area contributed by atoms with Crippen LogP contribution < -0.4 is 9.62 Å². The molecule has 0 unspecified atom stereocenters. The van der Waals surface area contributed by atoms with E-state index in [4.69, 9.17) is 0 Å². The maximum Gasteiger partial charge on any atom is 0.235 e. The molecule has 0 radical (unpaired) electrons. The van der Waals surface area contributed by atoms with Gasteiger partial charge in [0.1, 0.15) is 5.82 Å². The molecule has 0 fully saturated rings. The van der Waals surface area contributed by atoms with E-state index in [0.29, 0.717) is 5.69 Å². The van der Waals surface area contributed by atoms with Crippen molar-refractivity contribution in [1.29, 1.82) is 0 Å². The first kappa shape index (κ1) is 15.8. The molecule has 0 aliphatic carbocycles. The smallest absolute Gasteiger partial charge is 0.235 e. The number of hydrogen-bond acceptors (Lipinski definition) is 3. The highest BCUT2D eigenvalue weighted by atomic mass is 32.2. The lowest BCUT2D eigenvalue weighted by atomic mass is 10.2. The second kappa shape index (κ2) is 5.77. The van der Waals surface area contributed by atoms with Crippen molar-refractivity contribution in [3.05, 3.63) is 24.0 Å². The normalized spacial score (nSPS) is 12.0. The van der Waals surface area contributed by atoms with Crippen LogP contribution in [0.2, 0.25) is 0 Å². The van der Waals surface area contributed by atoms with E-state index in [0.717, 1.165) is 0 Å². The van der Waals surface area contributed by atoms with Gasteiger partial charge < -0.3 is 4.90 Å². The molecular formula is C13H21FN2O2S. The summed E-state index contributed by atoms with van der Waals surface area (Å²) in [6.45, 7) is 7.04. The predicted octanol–water partition coefficient (Wildman–Crippen LogP) is 2.82. The third-order valence-electron chi connectivity index (χ3n) is 2.98. The van der Waals surface area contributed by atoms with E-state index in [2.05, 4.69) is 4.72 Å². The Hall–Kier alpha value is -1.30. The Bertz CT molecular complexity index is 542. The number of nitrogens with one attached hydrogen (secondary N) is 1. The second-order valence-corrected chi connectivity index (χ2v) is 7.30. The number of benzene rings is 1. The lowest BCUT2D eigenvalue weighted by molar-refractivity contribution is 0.592. The molecule has 0 spiro atoms. The van der Waals surface area contributed by atoms with Crippen LogP contribution >= 0.6 is 0 Å². The summed E-state index contributed by atoms with van der Waals surface area (Å²) in [5.41, 5.74) is 0.689. The minimum atomic E-state index is -3.45. The lowest BCUT2D eigenvalue weighted by Crippen LogP contribution is -2.27. The van der Waals surface area contributed by atoms with Crippen molar-refractivity contribution in [2.45, 2.75) is 39.0 Å². The highest BCUT2D eigenvalue weighted by molar-refractivity contribution is 7.93. The number of halogens is 1. The van der Waals surface area contributed by atoms with Gasteiger partial charge in [-0.05, 0) is 39.8 Å². The average Bonchev–Trinajstić information content (AvgIpc) is 2.27. The van der Waals surface area contributed by atoms with Crippen LogP contribution in [0.5, 0.6) is 0 Å². The number of hydrogen-bond donors (Lipinski definition) is 1. The predicted molar refractivity (Wildman–Crippen MR) is 77.6 cm³/mol. The SMILES string of the molecule is CC(C)N(C)c1ccc(NS(=O)(=O)C(C)C)cc1F. The molecule has 0 aliphatic heterocycles. The van der Waals surface area contributed by atoms with Crippen LogP contribution in [0.1, 0.15) is 27.7 Å². The summed E-state index contributed by atoms with van der Waals surface area (Å²) in [4.78, 5) is 1.79. The van der Waals surface area contributed by atoms with Gasteiger partial charge >= 0.3 is 0 Å². The molecule has 19 heavy (non-hydrogen) atoms. The van der Waals surface area contributed by atoms with Crippen molar-refractivity contribution in [1.82, 2.24) is 0 Å². The molecule has 1 N–H and O–H groups in total. The van der Waals surface area contributed by atoms with Gasteiger partial charge in [0.25, 0.3) is 0 Å². The van der Waals surface area contributed by atoms with Crippen LogP contribution in [0.4, 0.5) is 15.8 Å². The van der Waals surface area contributed by atoms with E-state index in [1.807, 2.05) is 13.8 Å². The first-order chi connectivity index (χ1) is 8.65. The fourth-order valence-corrected chi connectivity index (χ4v) is 2.11. The summed E-state index contributed by atoms with van der Waals surface area (Å²) in [5, 5.41) is -0.562. The zero-order chi connectivity index (χ0) is 14.8. The number of nitrogens with zero attached hydrogens (tertiary/aromatic N) is 1. The van der Waals surface area contributed by atoms with Crippen LogP contribution in [0.25, 0.3) is 0 Å². The summed E-state index contributed by atoms with van der Waals surface area (Å²) in [6, 6.07) is 4.51. The molecule has 108 valence electrons. The van der Waals surface area contributed by atoms with Gasteiger partial charge in [-0.3, -0.25) is 4.72 Å². The van der Waals surface area contributed by atoms with Crippen LogP contribution in [0, 0.1) is 5.82 Å². The van der Waals surface area contributed by atoms with Crippen LogP contribution in [0.15, 0.2) is 18.2 Å². The van der Waals surface area contributed by atoms with E-state index >= 15 is 0 Å². The van der Waals surface area contributed by atoms with Gasteiger partial charge in [-0.25, -0.2) is 12.8 Å². The summed E-state index contributed by atoms with van der Waals surface area (Å²) >= 11 is 0. The lowest BCUT2D eigenvalue weighted by Gasteiger charge is -2.24. The quantitative estimate of drug-likeness (QED) is 0.906. The molecule has 0 bridgehead atoms. The van der Waals surface area contributed by atoms with E-state index in [9.17, 15) is 12.8 Å². The summed E-state index contributed by atoms with van der Waals surface area (Å²) in [5.74, 6) is -0.444. The van der Waals surface area contributed by atoms with Crippen LogP contribution in [-0.2, 0) is 10.0 Å². The number of anilines is 2. The Morgan fingerprint density at radius 2 is 1.79 bits per heavy atom. The Morgan fingerprint density at radius 1 is 1.21 bits per heavy atom. The van der Waals surface area contributed by atoms with Crippen molar-refractivity contribution >= 4 is 21.4 Å². The highest BCUT2D eigenvalue weighted by Gasteiger charge is 2.17. The molecule has 0 aliphatic rings. The molecule has 0 heterocycles. The fraction of sp³-hybridized carbons (Fsp3) is 0.538. The van der Waals surface area contributed by atoms with Gasteiger partial charge in [0, 0.05) is 19.2 Å². The molecule has 0 atom stereocenters. The Morgan fingerprint density at radius 3 is 2.21 bits per heavy atom. The zero-order valence-corrected chi connectivity index (χ0v) is 12.8. The number of sulfonamides is 1. The molecular weight excluding hydrogens is 267 g/mol. The largest absolute Gasteiger partial charge is 0.370 e. The minimum absolute atomic E-state index is 0.160. The van der Waals surface area contributed by atoms with Crippen molar-refractivity contribution in [2.24, 2.45) is 0 Å². The van der Waals surface area contributed by atoms with Gasteiger partial charge in [-0.2, -0.15) is 0 Å². The summed E-state index contributed by atoms with van der Waals surface area (Å²) in [7, 11) is -1.66. The molecule has 0 saturated heterocycles. The molecule has 1 aromatic carbocycles. The molecule has 0 aromatic heterocycles. The molecule has 1 aromatic rings. The van der Waals surface area contributed by atoms with Gasteiger partial charge in [0.15, 0.2) is 0 Å². The van der Waals surface area contributed by atoms with Gasteiger partial charge in [0.2, 0.25) is 10.0 Å². The fourth-order valence-electron chi connectivity index (χ4n) is 1.42. The third kappa shape index (κ3) is 3.83. The summed E-state index contributed by atoms with van der Waals surface area (Å²) in [6.07, 6.45) is 0. The molecule has 0 saturated carbocycles. The average molecular weight is 288 g/mol. The zero-order valence-electron chi connectivity index (χ0n) is 11.9. The van der Waals surface area contributed by atoms with Crippen LogP contribution in [0.3, 0.4) is 0 Å². The van der Waals surface area contributed by atoms with E-state index in [1.165, 1.54) is 6.07 Å². The van der Waals surface area contributed by atoms with Gasteiger partial charge in [0.05, 0.1) is 16.6 Å². The Labute approximate surface area is 114 Å². The second-order valence-electron chi connectivity index (χ2n) is 5.07. The van der Waals surface area contributed by atoms with E-state index in [-0.39, 0.29) is 11.7 Å². The Balaban J connectivity index is 3.01. The Kier molecular flexibility index (Phi) is 4.79. The highest BCUT2D eigenvalue weighted by Crippen LogP contribution is 2.24. The van der Waals surface area contributed by atoms with E-state index in [1.54, 1.807) is 37.9 Å². The monoisotopic (exact) mass is 288 g/mol. The van der Waals surface area contributed by atoms with E-state index < -0.39 is 21.1 Å². The first-order valence-electron chi connectivity index (χ1n) is 6.19. The third-order valence-corrected chi connectivity index (χ3v) is 4.74. The maximum atomic E-state index is 14.0. The summed E-state index contributed by atoms with van der Waals surface area (Å²) < 4.78 is 39.7. The van der Waals surface area contributed by atoms with Gasteiger partial charge in [-0.1, -0.05) is 0 Å². The van der Waals surface area contributed by atoms with Crippen molar-refractivity contribution in [2.75, 3.05) is 16.7 Å². The molecule has 0 amide bonds. The number of rotatable bonds is 5. The molecule has 4 nitrogen and oxygen atoms in total. The topological polar surface area (TPSA) is 49.4 Å². The van der Waals surface area contributed by atoms with Crippen molar-refractivity contribution in [3.8, 4) is 0 Å². The first-order valence-corrected chi connectivity index (χ1v) is 7.73. The molecule has 1 rings (SSSR count). The molecule has 6 heteroatoms. The maximum absolute atomic E-state index is 14.0. The van der Waals surface area contributed by atoms with Crippen LogP contribution in [-0.4, -0.2) is 26.8 Å². The van der Waals surface area contributed by atoms with Crippen molar-refractivity contribution < 1.29 is 12.8 Å². The van der Waals surface area contributed by atoms with Gasteiger partial charge in [-0.15, -0.1) is 0 Å². The standard InChI is InChI=1S/C13H21FN2O2S/c1-9(2)16(5)13-7-6-11(8-12(13)14)15-19(17,18)10(3)4/h6-10,15H,1-5H3.